The molecule has 0 aliphatic rings. The lowest BCUT2D eigenvalue weighted by atomic mass is 10.2. The van der Waals surface area contributed by atoms with Gasteiger partial charge in [0.1, 0.15) is 4.99 Å². The Kier molecular flexibility index (Phi) is 2.73. The molecule has 2 aromatic heterocycles. The fourth-order valence-corrected chi connectivity index (χ4v) is 1.40. The van der Waals surface area contributed by atoms with Crippen molar-refractivity contribution in [3.05, 3.63) is 48.0 Å². The molecule has 0 amide bonds. The number of rotatable bonds is 3. The van der Waals surface area contributed by atoms with Gasteiger partial charge in [0, 0.05) is 18.6 Å². The molecule has 2 rings (SSSR count). The largest absolute Gasteiger partial charge is 0.388 e. The van der Waals surface area contributed by atoms with Gasteiger partial charge in [0.25, 0.3) is 0 Å². The van der Waals surface area contributed by atoms with Gasteiger partial charge in [0.2, 0.25) is 0 Å². The predicted molar refractivity (Wildman–Crippen MR) is 61.5 cm³/mol. The summed E-state index contributed by atoms with van der Waals surface area (Å²) in [5.74, 6) is 0. The van der Waals surface area contributed by atoms with E-state index in [2.05, 4.69) is 10.1 Å². The van der Waals surface area contributed by atoms with Crippen LogP contribution in [-0.2, 0) is 6.54 Å². The molecule has 0 aliphatic carbocycles. The lowest BCUT2D eigenvalue weighted by Crippen LogP contribution is -2.12. The highest BCUT2D eigenvalue weighted by Gasteiger charge is 2.00. The highest BCUT2D eigenvalue weighted by atomic mass is 32.1. The molecular weight excluding hydrogens is 208 g/mol. The minimum Gasteiger partial charge on any atom is -0.388 e. The molecule has 0 aliphatic heterocycles. The Morgan fingerprint density at radius 2 is 2.33 bits per heavy atom. The first-order valence-electron chi connectivity index (χ1n) is 4.48. The second kappa shape index (κ2) is 4.18. The molecular formula is C10H10N4S. The predicted octanol–water partition coefficient (Wildman–Crippen LogP) is 0.961. The van der Waals surface area contributed by atoms with E-state index < -0.39 is 0 Å². The minimum atomic E-state index is 0.317. The Balaban J connectivity index is 2.22. The fourth-order valence-electron chi connectivity index (χ4n) is 1.29. The SMILES string of the molecule is NC(=S)c1cc(Cn2cccn2)ccn1. The van der Waals surface area contributed by atoms with Crippen molar-refractivity contribution in [2.75, 3.05) is 0 Å². The average molecular weight is 218 g/mol. The van der Waals surface area contributed by atoms with Gasteiger partial charge in [-0.3, -0.25) is 9.67 Å². The van der Waals surface area contributed by atoms with E-state index in [0.29, 0.717) is 17.2 Å². The van der Waals surface area contributed by atoms with E-state index in [9.17, 15) is 0 Å². The maximum absolute atomic E-state index is 5.50. The second-order valence-electron chi connectivity index (χ2n) is 3.12. The zero-order valence-corrected chi connectivity index (χ0v) is 8.81. The normalized spacial score (nSPS) is 10.1. The Morgan fingerprint density at radius 1 is 1.47 bits per heavy atom. The van der Waals surface area contributed by atoms with E-state index in [1.165, 1.54) is 0 Å². The van der Waals surface area contributed by atoms with Crippen LogP contribution in [0.1, 0.15) is 11.3 Å². The highest BCUT2D eigenvalue weighted by Crippen LogP contribution is 2.03. The summed E-state index contributed by atoms with van der Waals surface area (Å²) in [7, 11) is 0. The number of nitrogens with zero attached hydrogens (tertiary/aromatic N) is 3. The molecule has 2 heterocycles. The number of hydrogen-bond acceptors (Lipinski definition) is 3. The molecule has 0 unspecified atom stereocenters. The quantitative estimate of drug-likeness (QED) is 0.780. The first-order chi connectivity index (χ1) is 7.25. The maximum Gasteiger partial charge on any atom is 0.122 e. The van der Waals surface area contributed by atoms with Gasteiger partial charge >= 0.3 is 0 Å². The van der Waals surface area contributed by atoms with Crippen LogP contribution < -0.4 is 5.73 Å². The van der Waals surface area contributed by atoms with Crippen molar-refractivity contribution in [2.24, 2.45) is 5.73 Å². The van der Waals surface area contributed by atoms with Gasteiger partial charge in [0.15, 0.2) is 0 Å². The molecule has 0 saturated heterocycles. The molecule has 4 nitrogen and oxygen atoms in total. The zero-order valence-electron chi connectivity index (χ0n) is 8.00. The van der Waals surface area contributed by atoms with Crippen LogP contribution in [0.3, 0.4) is 0 Å². The topological polar surface area (TPSA) is 56.7 Å². The van der Waals surface area contributed by atoms with Crippen molar-refractivity contribution in [3.8, 4) is 0 Å². The van der Waals surface area contributed by atoms with Gasteiger partial charge in [-0.05, 0) is 23.8 Å². The molecule has 0 saturated carbocycles. The van der Waals surface area contributed by atoms with E-state index in [4.69, 9.17) is 18.0 Å². The minimum absolute atomic E-state index is 0.317. The number of thiocarbonyl (C=S) groups is 1. The molecule has 0 atom stereocenters. The highest BCUT2D eigenvalue weighted by molar-refractivity contribution is 7.80. The summed E-state index contributed by atoms with van der Waals surface area (Å²) in [6, 6.07) is 5.68. The van der Waals surface area contributed by atoms with Gasteiger partial charge in [-0.2, -0.15) is 5.10 Å². The van der Waals surface area contributed by atoms with Gasteiger partial charge in [-0.15, -0.1) is 0 Å². The van der Waals surface area contributed by atoms with Crippen molar-refractivity contribution in [2.45, 2.75) is 6.54 Å². The Labute approximate surface area is 92.7 Å². The van der Waals surface area contributed by atoms with Crippen LogP contribution in [0, 0.1) is 0 Å². The Hall–Kier alpha value is -1.75. The van der Waals surface area contributed by atoms with Crippen LogP contribution >= 0.6 is 12.2 Å². The monoisotopic (exact) mass is 218 g/mol. The van der Waals surface area contributed by atoms with Crippen LogP contribution in [0.2, 0.25) is 0 Å². The molecule has 76 valence electrons. The van der Waals surface area contributed by atoms with E-state index in [0.717, 1.165) is 5.56 Å². The van der Waals surface area contributed by atoms with Gasteiger partial charge < -0.3 is 5.73 Å². The fraction of sp³-hybridized carbons (Fsp3) is 0.100. The summed E-state index contributed by atoms with van der Waals surface area (Å²) in [4.78, 5) is 4.39. The standard InChI is InChI=1S/C10H10N4S/c11-10(15)9-6-8(2-4-12-9)7-14-5-1-3-13-14/h1-6H,7H2,(H2,11,15). The first kappa shape index (κ1) is 9.79. The van der Waals surface area contributed by atoms with Crippen molar-refractivity contribution in [3.63, 3.8) is 0 Å². The van der Waals surface area contributed by atoms with Crippen molar-refractivity contribution in [1.82, 2.24) is 14.8 Å². The summed E-state index contributed by atoms with van der Waals surface area (Å²) in [6.07, 6.45) is 5.35. The maximum atomic E-state index is 5.50. The Bertz CT molecular complexity index is 464. The summed E-state index contributed by atoms with van der Waals surface area (Å²) in [6.45, 7) is 0.700. The summed E-state index contributed by atoms with van der Waals surface area (Å²) in [5.41, 5.74) is 7.23. The lowest BCUT2D eigenvalue weighted by molar-refractivity contribution is 0.686. The molecule has 0 fully saturated rings. The average Bonchev–Trinajstić information content (AvgIpc) is 2.71. The van der Waals surface area contributed by atoms with Crippen LogP contribution in [-0.4, -0.2) is 19.8 Å². The molecule has 2 aromatic rings. The molecule has 0 radical (unpaired) electrons. The molecule has 2 N–H and O–H groups in total. The van der Waals surface area contributed by atoms with Crippen LogP contribution in [0.4, 0.5) is 0 Å². The van der Waals surface area contributed by atoms with Crippen LogP contribution in [0.15, 0.2) is 36.8 Å². The molecule has 0 bridgehead atoms. The number of pyridine rings is 1. The third-order valence-electron chi connectivity index (χ3n) is 1.98. The van der Waals surface area contributed by atoms with Crippen LogP contribution in [0.5, 0.6) is 0 Å². The van der Waals surface area contributed by atoms with E-state index in [-0.39, 0.29) is 0 Å². The summed E-state index contributed by atoms with van der Waals surface area (Å²) >= 11 is 4.86. The third-order valence-corrected chi connectivity index (χ3v) is 2.19. The number of aromatic nitrogens is 3. The summed E-state index contributed by atoms with van der Waals surface area (Å²) in [5, 5.41) is 4.12. The van der Waals surface area contributed by atoms with Gasteiger partial charge in [0.05, 0.1) is 12.2 Å². The number of hydrogen-bond donors (Lipinski definition) is 1. The van der Waals surface area contributed by atoms with Crippen molar-refractivity contribution >= 4 is 17.2 Å². The summed E-state index contributed by atoms with van der Waals surface area (Å²) < 4.78 is 1.83. The molecule has 0 aromatic carbocycles. The van der Waals surface area contributed by atoms with Crippen molar-refractivity contribution < 1.29 is 0 Å². The van der Waals surface area contributed by atoms with Crippen molar-refractivity contribution in [1.29, 1.82) is 0 Å². The van der Waals surface area contributed by atoms with E-state index >= 15 is 0 Å². The second-order valence-corrected chi connectivity index (χ2v) is 3.56. The molecule has 5 heteroatoms. The van der Waals surface area contributed by atoms with E-state index in [1.807, 2.05) is 29.1 Å². The smallest absolute Gasteiger partial charge is 0.122 e. The van der Waals surface area contributed by atoms with E-state index in [1.54, 1.807) is 12.4 Å². The zero-order chi connectivity index (χ0) is 10.7. The van der Waals surface area contributed by atoms with Gasteiger partial charge in [-0.1, -0.05) is 12.2 Å². The lowest BCUT2D eigenvalue weighted by Gasteiger charge is -2.03. The number of nitrogens with two attached hydrogens (primary N) is 1. The van der Waals surface area contributed by atoms with Crippen LogP contribution in [0.25, 0.3) is 0 Å². The third kappa shape index (κ3) is 2.38. The molecule has 15 heavy (non-hydrogen) atoms. The Morgan fingerprint density at radius 3 is 3.00 bits per heavy atom. The van der Waals surface area contributed by atoms with Gasteiger partial charge in [-0.25, -0.2) is 0 Å². The molecule has 0 spiro atoms. The first-order valence-corrected chi connectivity index (χ1v) is 4.89.